The van der Waals surface area contributed by atoms with E-state index in [-0.39, 0.29) is 11.8 Å². The molecule has 0 heterocycles. The van der Waals surface area contributed by atoms with Gasteiger partial charge >= 0.3 is 0 Å². The number of fused-ring (bicyclic) bond motifs is 2. The zero-order valence-corrected chi connectivity index (χ0v) is 9.57. The predicted molar refractivity (Wildman–Crippen MR) is 60.4 cm³/mol. The number of allylic oxidation sites excluding steroid dienone is 2. The van der Waals surface area contributed by atoms with Crippen LogP contribution in [0.3, 0.4) is 0 Å². The van der Waals surface area contributed by atoms with Crippen molar-refractivity contribution >= 4 is 5.91 Å². The Balaban J connectivity index is 1.75. The van der Waals surface area contributed by atoms with Crippen LogP contribution in [-0.2, 0) is 4.79 Å². The molecule has 0 aromatic carbocycles. The monoisotopic (exact) mass is 208 g/mol. The van der Waals surface area contributed by atoms with Gasteiger partial charge in [0.25, 0.3) is 0 Å². The molecule has 3 heteroatoms. The van der Waals surface area contributed by atoms with Crippen LogP contribution in [0.1, 0.15) is 12.8 Å². The van der Waals surface area contributed by atoms with Crippen LogP contribution in [0.4, 0.5) is 0 Å². The van der Waals surface area contributed by atoms with E-state index in [9.17, 15) is 4.79 Å². The van der Waals surface area contributed by atoms with E-state index in [2.05, 4.69) is 22.4 Å². The molecule has 0 aliphatic heterocycles. The van der Waals surface area contributed by atoms with Crippen molar-refractivity contribution in [2.45, 2.75) is 12.8 Å². The lowest BCUT2D eigenvalue weighted by Gasteiger charge is -2.18. The standard InChI is InChI=1S/C12H20N2O/c1-14(2)6-5-13-12(15)11-8-9-3-4-10(11)7-9/h3-4,9-11H,5-8H2,1-2H3,(H,13,15). The lowest BCUT2D eigenvalue weighted by atomic mass is 9.93. The van der Waals surface area contributed by atoms with Crippen LogP contribution in [0.25, 0.3) is 0 Å². The Hall–Kier alpha value is -0.830. The zero-order valence-electron chi connectivity index (χ0n) is 9.57. The summed E-state index contributed by atoms with van der Waals surface area (Å²) in [4.78, 5) is 13.9. The number of amides is 1. The molecule has 0 aromatic rings. The highest BCUT2D eigenvalue weighted by atomic mass is 16.1. The van der Waals surface area contributed by atoms with Gasteiger partial charge in [-0.05, 0) is 38.8 Å². The van der Waals surface area contributed by atoms with Gasteiger partial charge in [0.05, 0.1) is 0 Å². The van der Waals surface area contributed by atoms with Gasteiger partial charge in [-0.15, -0.1) is 0 Å². The summed E-state index contributed by atoms with van der Waals surface area (Å²) < 4.78 is 0. The van der Waals surface area contributed by atoms with Crippen molar-refractivity contribution in [3.05, 3.63) is 12.2 Å². The van der Waals surface area contributed by atoms with Crippen LogP contribution in [0.5, 0.6) is 0 Å². The summed E-state index contributed by atoms with van der Waals surface area (Å²) in [6.07, 6.45) is 6.76. The fourth-order valence-electron chi connectivity index (χ4n) is 2.62. The normalized spacial score (nSPS) is 32.6. The van der Waals surface area contributed by atoms with E-state index in [1.165, 1.54) is 6.42 Å². The van der Waals surface area contributed by atoms with E-state index in [1.54, 1.807) is 0 Å². The Morgan fingerprint density at radius 2 is 2.20 bits per heavy atom. The smallest absolute Gasteiger partial charge is 0.223 e. The van der Waals surface area contributed by atoms with Crippen molar-refractivity contribution < 1.29 is 4.79 Å². The molecule has 1 fully saturated rings. The van der Waals surface area contributed by atoms with Gasteiger partial charge in [0, 0.05) is 19.0 Å². The minimum absolute atomic E-state index is 0.252. The molecule has 2 aliphatic carbocycles. The fourth-order valence-corrected chi connectivity index (χ4v) is 2.62. The van der Waals surface area contributed by atoms with E-state index in [0.29, 0.717) is 11.8 Å². The van der Waals surface area contributed by atoms with Crippen molar-refractivity contribution in [1.29, 1.82) is 0 Å². The number of carbonyl (C=O) groups excluding carboxylic acids is 1. The molecule has 2 rings (SSSR count). The number of hydrogen-bond donors (Lipinski definition) is 1. The van der Waals surface area contributed by atoms with Gasteiger partial charge in [-0.2, -0.15) is 0 Å². The van der Waals surface area contributed by atoms with Gasteiger partial charge < -0.3 is 10.2 Å². The van der Waals surface area contributed by atoms with Crippen LogP contribution >= 0.6 is 0 Å². The molecule has 0 saturated heterocycles. The lowest BCUT2D eigenvalue weighted by molar-refractivity contribution is -0.125. The third-order valence-electron chi connectivity index (χ3n) is 3.47. The number of likely N-dealkylation sites (N-methyl/N-ethyl adjacent to an activating group) is 1. The molecule has 0 radical (unpaired) electrons. The number of hydrogen-bond acceptors (Lipinski definition) is 2. The Kier molecular flexibility index (Phi) is 3.10. The maximum atomic E-state index is 11.9. The maximum absolute atomic E-state index is 11.9. The first-order valence-corrected chi connectivity index (χ1v) is 5.77. The molecule has 0 spiro atoms. The van der Waals surface area contributed by atoms with Crippen LogP contribution < -0.4 is 5.32 Å². The van der Waals surface area contributed by atoms with Gasteiger partial charge in [-0.3, -0.25) is 4.79 Å². The number of nitrogens with one attached hydrogen (secondary N) is 1. The summed E-state index contributed by atoms with van der Waals surface area (Å²) in [6.45, 7) is 1.69. The molecule has 1 saturated carbocycles. The molecular formula is C12H20N2O. The third-order valence-corrected chi connectivity index (χ3v) is 3.47. The van der Waals surface area contributed by atoms with Crippen LogP contribution in [0.15, 0.2) is 12.2 Å². The topological polar surface area (TPSA) is 32.3 Å². The van der Waals surface area contributed by atoms with E-state index < -0.39 is 0 Å². The minimum atomic E-state index is 0.252. The van der Waals surface area contributed by atoms with Gasteiger partial charge in [0.15, 0.2) is 0 Å². The summed E-state index contributed by atoms with van der Waals surface area (Å²) in [5.41, 5.74) is 0. The number of rotatable bonds is 4. The summed E-state index contributed by atoms with van der Waals surface area (Å²) in [5, 5.41) is 3.03. The van der Waals surface area contributed by atoms with E-state index in [4.69, 9.17) is 0 Å². The van der Waals surface area contributed by atoms with Crippen molar-refractivity contribution in [2.24, 2.45) is 17.8 Å². The summed E-state index contributed by atoms with van der Waals surface area (Å²) >= 11 is 0. The highest BCUT2D eigenvalue weighted by molar-refractivity contribution is 5.79. The second-order valence-electron chi connectivity index (χ2n) is 4.98. The molecule has 84 valence electrons. The Labute approximate surface area is 91.5 Å². The van der Waals surface area contributed by atoms with Crippen molar-refractivity contribution in [3.63, 3.8) is 0 Å². The van der Waals surface area contributed by atoms with Crippen LogP contribution in [-0.4, -0.2) is 38.0 Å². The van der Waals surface area contributed by atoms with Crippen molar-refractivity contribution in [1.82, 2.24) is 10.2 Å². The van der Waals surface area contributed by atoms with Gasteiger partial charge in [-0.25, -0.2) is 0 Å². The SMILES string of the molecule is CN(C)CCNC(=O)C1CC2C=CC1C2. The Morgan fingerprint density at radius 1 is 1.40 bits per heavy atom. The molecule has 1 N–H and O–H groups in total. The largest absolute Gasteiger partial charge is 0.355 e. The van der Waals surface area contributed by atoms with Gasteiger partial charge in [0.1, 0.15) is 0 Å². The fraction of sp³-hybridized carbons (Fsp3) is 0.750. The highest BCUT2D eigenvalue weighted by Gasteiger charge is 2.39. The molecule has 15 heavy (non-hydrogen) atoms. The van der Waals surface area contributed by atoms with Gasteiger partial charge in [0.2, 0.25) is 5.91 Å². The summed E-state index contributed by atoms with van der Waals surface area (Å²) in [7, 11) is 4.04. The van der Waals surface area contributed by atoms with E-state index in [0.717, 1.165) is 19.5 Å². The number of nitrogens with zero attached hydrogens (tertiary/aromatic N) is 1. The highest BCUT2D eigenvalue weighted by Crippen LogP contribution is 2.43. The second kappa shape index (κ2) is 4.35. The van der Waals surface area contributed by atoms with Crippen molar-refractivity contribution in [3.8, 4) is 0 Å². The summed E-state index contributed by atoms with van der Waals surface area (Å²) in [6, 6.07) is 0. The quantitative estimate of drug-likeness (QED) is 0.695. The zero-order chi connectivity index (χ0) is 10.8. The van der Waals surface area contributed by atoms with E-state index >= 15 is 0 Å². The third kappa shape index (κ3) is 2.40. The van der Waals surface area contributed by atoms with Crippen LogP contribution in [0.2, 0.25) is 0 Å². The molecule has 2 bridgehead atoms. The molecular weight excluding hydrogens is 188 g/mol. The Morgan fingerprint density at radius 3 is 2.73 bits per heavy atom. The first-order chi connectivity index (χ1) is 7.16. The molecule has 3 nitrogen and oxygen atoms in total. The average Bonchev–Trinajstić information content (AvgIpc) is 2.77. The molecule has 3 atom stereocenters. The molecule has 3 unspecified atom stereocenters. The van der Waals surface area contributed by atoms with Gasteiger partial charge in [-0.1, -0.05) is 12.2 Å². The first kappa shape index (κ1) is 10.7. The van der Waals surface area contributed by atoms with E-state index in [1.807, 2.05) is 14.1 Å². The average molecular weight is 208 g/mol. The molecule has 2 aliphatic rings. The number of carbonyl (C=O) groups is 1. The summed E-state index contributed by atoms with van der Waals surface area (Å²) in [5.74, 6) is 1.71. The predicted octanol–water partition coefficient (Wildman–Crippen LogP) is 0.876. The second-order valence-corrected chi connectivity index (χ2v) is 4.98. The first-order valence-electron chi connectivity index (χ1n) is 5.77. The maximum Gasteiger partial charge on any atom is 0.223 e. The van der Waals surface area contributed by atoms with Crippen LogP contribution in [0, 0.1) is 17.8 Å². The minimum Gasteiger partial charge on any atom is -0.355 e. The molecule has 1 amide bonds. The lowest BCUT2D eigenvalue weighted by Crippen LogP contribution is -2.36. The molecule has 0 aromatic heterocycles. The van der Waals surface area contributed by atoms with Crippen molar-refractivity contribution in [2.75, 3.05) is 27.2 Å². The Bertz CT molecular complexity index is 273.